The van der Waals surface area contributed by atoms with Crippen LogP contribution in [-0.4, -0.2) is 33.8 Å². The van der Waals surface area contributed by atoms with E-state index in [1.807, 2.05) is 6.07 Å². The molecule has 0 atom stereocenters. The molecule has 1 aliphatic rings. The summed E-state index contributed by atoms with van der Waals surface area (Å²) in [6, 6.07) is 19.0. The van der Waals surface area contributed by atoms with Gasteiger partial charge in [-0.1, -0.05) is 55.5 Å². The number of benzene rings is 2. The van der Waals surface area contributed by atoms with Crippen LogP contribution in [0.25, 0.3) is 0 Å². The van der Waals surface area contributed by atoms with Gasteiger partial charge >= 0.3 is 0 Å². The second kappa shape index (κ2) is 8.69. The van der Waals surface area contributed by atoms with Crippen molar-refractivity contribution in [2.75, 3.05) is 18.0 Å². The van der Waals surface area contributed by atoms with Crippen molar-refractivity contribution in [3.63, 3.8) is 0 Å². The summed E-state index contributed by atoms with van der Waals surface area (Å²) in [5, 5.41) is 11.7. The Morgan fingerprint density at radius 1 is 1.11 bits per heavy atom. The Morgan fingerprint density at radius 2 is 1.93 bits per heavy atom. The minimum Gasteiger partial charge on any atom is -0.354 e. The number of para-hydroxylation sites is 1. The van der Waals surface area contributed by atoms with E-state index in [-0.39, 0.29) is 0 Å². The van der Waals surface area contributed by atoms with Gasteiger partial charge in [0.25, 0.3) is 0 Å². The van der Waals surface area contributed by atoms with E-state index in [0.29, 0.717) is 6.54 Å². The van der Waals surface area contributed by atoms with Crippen LogP contribution in [-0.2, 0) is 25.9 Å². The molecule has 0 spiro atoms. The SMILES string of the molecule is CCc1nncn1CCNC(=NCc1ccccc1)N1CCc2ccccc21. The lowest BCUT2D eigenvalue weighted by atomic mass is 10.2. The van der Waals surface area contributed by atoms with Crippen molar-refractivity contribution in [1.82, 2.24) is 20.1 Å². The molecule has 28 heavy (non-hydrogen) atoms. The van der Waals surface area contributed by atoms with E-state index in [1.54, 1.807) is 6.33 Å². The van der Waals surface area contributed by atoms with Crippen molar-refractivity contribution in [3.05, 3.63) is 77.9 Å². The fraction of sp³-hybridized carbons (Fsp3) is 0.318. The van der Waals surface area contributed by atoms with Crippen LogP contribution >= 0.6 is 0 Å². The molecule has 1 aromatic heterocycles. The van der Waals surface area contributed by atoms with Gasteiger partial charge in [0.2, 0.25) is 0 Å². The zero-order chi connectivity index (χ0) is 19.2. The van der Waals surface area contributed by atoms with E-state index < -0.39 is 0 Å². The van der Waals surface area contributed by atoms with E-state index in [0.717, 1.165) is 44.3 Å². The number of nitrogens with zero attached hydrogens (tertiary/aromatic N) is 5. The normalized spacial score (nSPS) is 13.6. The van der Waals surface area contributed by atoms with Crippen molar-refractivity contribution < 1.29 is 0 Å². The molecule has 0 radical (unpaired) electrons. The Kier molecular flexibility index (Phi) is 5.66. The van der Waals surface area contributed by atoms with Gasteiger partial charge in [-0.3, -0.25) is 0 Å². The van der Waals surface area contributed by atoms with E-state index >= 15 is 0 Å². The maximum absolute atomic E-state index is 4.93. The highest BCUT2D eigenvalue weighted by atomic mass is 15.3. The summed E-state index contributed by atoms with van der Waals surface area (Å²) < 4.78 is 2.10. The van der Waals surface area contributed by atoms with Crippen LogP contribution in [0.4, 0.5) is 5.69 Å². The highest BCUT2D eigenvalue weighted by Crippen LogP contribution is 2.27. The van der Waals surface area contributed by atoms with Crippen LogP contribution in [0.1, 0.15) is 23.9 Å². The molecule has 0 saturated carbocycles. The quantitative estimate of drug-likeness (QED) is 0.532. The van der Waals surface area contributed by atoms with Crippen LogP contribution < -0.4 is 10.2 Å². The van der Waals surface area contributed by atoms with Gasteiger partial charge < -0.3 is 14.8 Å². The minimum absolute atomic E-state index is 0.661. The summed E-state index contributed by atoms with van der Waals surface area (Å²) in [6.07, 6.45) is 3.73. The standard InChI is InChI=1S/C22H26N6/c1-2-21-26-25-17-27(21)15-13-23-22(24-16-18-8-4-3-5-9-18)28-14-12-19-10-6-7-11-20(19)28/h3-11,17H,2,12-16H2,1H3,(H,23,24). The van der Waals surface area contributed by atoms with Gasteiger partial charge in [0, 0.05) is 31.7 Å². The van der Waals surface area contributed by atoms with Gasteiger partial charge in [0.1, 0.15) is 12.2 Å². The number of aryl methyl sites for hydroxylation is 1. The Morgan fingerprint density at radius 3 is 2.79 bits per heavy atom. The largest absolute Gasteiger partial charge is 0.354 e. The molecule has 1 N–H and O–H groups in total. The van der Waals surface area contributed by atoms with Crippen LogP contribution in [0.15, 0.2) is 65.9 Å². The predicted molar refractivity (Wildman–Crippen MR) is 112 cm³/mol. The second-order valence-corrected chi connectivity index (χ2v) is 6.88. The Balaban J connectivity index is 1.50. The molecule has 0 saturated heterocycles. The number of fused-ring (bicyclic) bond motifs is 1. The number of aromatic nitrogens is 3. The molecule has 1 aliphatic heterocycles. The van der Waals surface area contributed by atoms with E-state index in [1.165, 1.54) is 16.8 Å². The van der Waals surface area contributed by atoms with Crippen LogP contribution in [0, 0.1) is 0 Å². The third-order valence-corrected chi connectivity index (χ3v) is 5.04. The molecule has 6 nitrogen and oxygen atoms in total. The first-order chi connectivity index (χ1) is 13.8. The summed E-state index contributed by atoms with van der Waals surface area (Å²) in [6.45, 7) is 5.30. The van der Waals surface area contributed by atoms with Crippen LogP contribution in [0.3, 0.4) is 0 Å². The third-order valence-electron chi connectivity index (χ3n) is 5.04. The molecule has 0 amide bonds. The van der Waals surface area contributed by atoms with Crippen LogP contribution in [0.2, 0.25) is 0 Å². The molecular formula is C22H26N6. The van der Waals surface area contributed by atoms with Gasteiger partial charge in [-0.2, -0.15) is 0 Å². The number of anilines is 1. The number of nitrogens with one attached hydrogen (secondary N) is 1. The van der Waals surface area contributed by atoms with Crippen molar-refractivity contribution >= 4 is 11.6 Å². The number of aliphatic imine (C=N–C) groups is 1. The lowest BCUT2D eigenvalue weighted by molar-refractivity contribution is 0.636. The fourth-order valence-electron chi connectivity index (χ4n) is 3.57. The maximum Gasteiger partial charge on any atom is 0.198 e. The monoisotopic (exact) mass is 374 g/mol. The van der Waals surface area contributed by atoms with E-state index in [2.05, 4.69) is 80.4 Å². The number of guanidine groups is 1. The summed E-state index contributed by atoms with van der Waals surface area (Å²) >= 11 is 0. The van der Waals surface area contributed by atoms with Gasteiger partial charge in [-0.05, 0) is 23.6 Å². The molecular weight excluding hydrogens is 348 g/mol. The average Bonchev–Trinajstić information content (AvgIpc) is 3.38. The zero-order valence-corrected chi connectivity index (χ0v) is 16.3. The second-order valence-electron chi connectivity index (χ2n) is 6.88. The summed E-state index contributed by atoms with van der Waals surface area (Å²) in [5.74, 6) is 1.94. The van der Waals surface area contributed by atoms with Crippen LogP contribution in [0.5, 0.6) is 0 Å². The first kappa shape index (κ1) is 18.2. The number of hydrogen-bond donors (Lipinski definition) is 1. The molecule has 0 unspecified atom stereocenters. The Bertz CT molecular complexity index is 931. The minimum atomic E-state index is 0.661. The molecule has 0 fully saturated rings. The molecule has 2 aromatic carbocycles. The molecule has 4 rings (SSSR count). The molecule has 0 bridgehead atoms. The van der Waals surface area contributed by atoms with Crippen molar-refractivity contribution in [2.45, 2.75) is 32.9 Å². The number of hydrogen-bond acceptors (Lipinski definition) is 3. The third kappa shape index (κ3) is 4.06. The van der Waals surface area contributed by atoms with Gasteiger partial charge in [0.15, 0.2) is 5.96 Å². The smallest absolute Gasteiger partial charge is 0.198 e. The number of rotatable bonds is 6. The van der Waals surface area contributed by atoms with E-state index in [4.69, 9.17) is 4.99 Å². The van der Waals surface area contributed by atoms with Gasteiger partial charge in [-0.15, -0.1) is 10.2 Å². The predicted octanol–water partition coefficient (Wildman–Crippen LogP) is 3.05. The van der Waals surface area contributed by atoms with Gasteiger partial charge in [-0.25, -0.2) is 4.99 Å². The fourth-order valence-corrected chi connectivity index (χ4v) is 3.57. The van der Waals surface area contributed by atoms with Crippen molar-refractivity contribution in [1.29, 1.82) is 0 Å². The summed E-state index contributed by atoms with van der Waals surface area (Å²) in [7, 11) is 0. The Hall–Kier alpha value is -3.15. The highest BCUT2D eigenvalue weighted by Gasteiger charge is 2.22. The lowest BCUT2D eigenvalue weighted by Crippen LogP contribution is -2.42. The molecule has 0 aliphatic carbocycles. The molecule has 6 heteroatoms. The highest BCUT2D eigenvalue weighted by molar-refractivity contribution is 5.97. The van der Waals surface area contributed by atoms with Crippen molar-refractivity contribution in [3.8, 4) is 0 Å². The summed E-state index contributed by atoms with van der Waals surface area (Å²) in [4.78, 5) is 7.22. The molecule has 2 heterocycles. The zero-order valence-electron chi connectivity index (χ0n) is 16.3. The molecule has 3 aromatic rings. The summed E-state index contributed by atoms with van der Waals surface area (Å²) in [5.41, 5.74) is 3.84. The van der Waals surface area contributed by atoms with E-state index in [9.17, 15) is 0 Å². The first-order valence-corrected chi connectivity index (χ1v) is 9.89. The topological polar surface area (TPSA) is 58.3 Å². The van der Waals surface area contributed by atoms with Crippen molar-refractivity contribution in [2.24, 2.45) is 4.99 Å². The average molecular weight is 374 g/mol. The van der Waals surface area contributed by atoms with Gasteiger partial charge in [0.05, 0.1) is 6.54 Å². The lowest BCUT2D eigenvalue weighted by Gasteiger charge is -2.23. The molecule has 144 valence electrons. The Labute approximate surface area is 165 Å². The first-order valence-electron chi connectivity index (χ1n) is 9.89. The maximum atomic E-state index is 4.93.